The quantitative estimate of drug-likeness (QED) is 0.484. The van der Waals surface area contributed by atoms with Crippen LogP contribution in [0.15, 0.2) is 0 Å². The molecule has 0 aromatic heterocycles. The molecule has 1 atom stereocenters. The Labute approximate surface area is 91.9 Å². The van der Waals surface area contributed by atoms with Gasteiger partial charge in [0.2, 0.25) is 0 Å². The van der Waals surface area contributed by atoms with Crippen molar-refractivity contribution in [3.8, 4) is 0 Å². The topological polar surface area (TPSA) is 17.1 Å². The number of carbonyl (C=O) groups excluding carboxylic acids is 1. The molecule has 0 fully saturated rings. The summed E-state index contributed by atoms with van der Waals surface area (Å²) in [4.78, 5) is 10.6. The molecule has 0 aromatic carbocycles. The first-order valence-electron chi connectivity index (χ1n) is 3.29. The van der Waals surface area contributed by atoms with Gasteiger partial charge in [-0.25, -0.2) is 0 Å². The van der Waals surface area contributed by atoms with Crippen LogP contribution < -0.4 is 24.8 Å². The first-order chi connectivity index (χ1) is 4.18. The van der Waals surface area contributed by atoms with Gasteiger partial charge in [0.05, 0.1) is 0 Å². The Bertz CT molecular complexity index is 98.4. The van der Waals surface area contributed by atoms with Crippen LogP contribution in [0.1, 0.15) is 33.1 Å². The zero-order valence-electron chi connectivity index (χ0n) is 6.68. The van der Waals surface area contributed by atoms with Crippen molar-refractivity contribution in [1.82, 2.24) is 0 Å². The van der Waals surface area contributed by atoms with Crippen molar-refractivity contribution in [2.45, 2.75) is 37.5 Å². The Morgan fingerprint density at radius 2 is 1.91 bits per heavy atom. The van der Waals surface area contributed by atoms with Crippen LogP contribution in [0.2, 0.25) is 4.39 Å². The summed E-state index contributed by atoms with van der Waals surface area (Å²) in [6.45, 7) is 3.76. The van der Waals surface area contributed by atoms with E-state index in [-0.39, 0.29) is 35.0 Å². The van der Waals surface area contributed by atoms with Gasteiger partial charge < -0.3 is 24.8 Å². The average Bonchev–Trinajstić information content (AvgIpc) is 1.82. The third kappa shape index (κ3) is 10.9. The molecule has 0 saturated heterocycles. The molecule has 71 valence electrons. The molecule has 0 amide bonds. The molecule has 0 aliphatic heterocycles. The minimum atomic E-state index is 0. The molecule has 0 bridgehead atoms. The maximum absolute atomic E-state index is 10.6. The van der Waals surface area contributed by atoms with Crippen LogP contribution in [-0.4, -0.2) is 5.78 Å². The number of ketones is 1. The monoisotopic (exact) mass is 289 g/mol. The van der Waals surface area contributed by atoms with Gasteiger partial charge in [-0.05, 0) is 0 Å². The van der Waals surface area contributed by atoms with Gasteiger partial charge in [0.1, 0.15) is 0 Å². The summed E-state index contributed by atoms with van der Waals surface area (Å²) in [6, 6.07) is 0. The molecule has 0 aromatic rings. The first kappa shape index (κ1) is 17.9. The van der Waals surface area contributed by atoms with Crippen LogP contribution in [0.5, 0.6) is 0 Å². The van der Waals surface area contributed by atoms with E-state index >= 15 is 0 Å². The van der Waals surface area contributed by atoms with Gasteiger partial charge in [-0.3, -0.25) is 0 Å². The Hall–Kier alpha value is 0.912. The second kappa shape index (κ2) is 10.9. The van der Waals surface area contributed by atoms with E-state index in [1.54, 1.807) is 6.92 Å². The van der Waals surface area contributed by atoms with Gasteiger partial charge >= 0.3 is 67.3 Å². The molecule has 1 nitrogen and oxygen atoms in total. The number of carbonyl (C=O) groups is 1. The summed E-state index contributed by atoms with van der Waals surface area (Å²) in [5, 5.41) is 0. The minimum Gasteiger partial charge on any atom is -1.00 e. The summed E-state index contributed by atoms with van der Waals surface area (Å²) in [5.41, 5.74) is 0. The summed E-state index contributed by atoms with van der Waals surface area (Å²) in [6.07, 6.45) is 3.31. The number of hydrogen-bond acceptors (Lipinski definition) is 1. The van der Waals surface area contributed by atoms with Crippen LogP contribution in [0, 0.1) is 0 Å². The van der Waals surface area contributed by atoms with Crippen molar-refractivity contribution in [2.24, 2.45) is 0 Å². The van der Waals surface area contributed by atoms with Crippen molar-refractivity contribution in [3.05, 3.63) is 0 Å². The largest absolute Gasteiger partial charge is 1.00 e. The molecule has 0 radical (unpaired) electrons. The van der Waals surface area contributed by atoms with Crippen LogP contribution in [0.4, 0.5) is 0 Å². The van der Waals surface area contributed by atoms with Crippen LogP contribution >= 0.6 is 0 Å². The van der Waals surface area contributed by atoms with E-state index in [1.165, 1.54) is 6.42 Å². The zero-order valence-corrected chi connectivity index (χ0v) is 9.75. The Kier molecular flexibility index (Phi) is 17.7. The van der Waals surface area contributed by atoms with Gasteiger partial charge in [0.15, 0.2) is 0 Å². The molecule has 0 saturated carbocycles. The van der Waals surface area contributed by atoms with Crippen molar-refractivity contribution in [3.63, 3.8) is 0 Å². The van der Waals surface area contributed by atoms with Crippen molar-refractivity contribution >= 4 is 5.78 Å². The summed E-state index contributed by atoms with van der Waals surface area (Å²) < 4.78 is 0.132. The Morgan fingerprint density at radius 3 is 2.18 bits per heavy atom. The van der Waals surface area contributed by atoms with E-state index in [2.05, 4.69) is 26.1 Å². The first-order valence-corrected chi connectivity index (χ1v) is 4.19. The standard InChI is InChI=1S/C7H13O.2ClH.Pd/c1-3-4-5-6-7(2)8;;;/h6H,3-5H2,1-2H3;2*1H;/q;;;+2/p-2. The molecule has 0 rings (SSSR count). The fourth-order valence-corrected chi connectivity index (χ4v) is 0.891. The van der Waals surface area contributed by atoms with E-state index in [4.69, 9.17) is 0 Å². The molecule has 0 N–H and O–H groups in total. The van der Waals surface area contributed by atoms with Gasteiger partial charge in [-0.15, -0.1) is 0 Å². The molecule has 11 heavy (non-hydrogen) atoms. The maximum Gasteiger partial charge on any atom is -1.00 e. The van der Waals surface area contributed by atoms with E-state index in [0.717, 1.165) is 12.8 Å². The molecular formula is C7H13Cl2OPd. The second-order valence-electron chi connectivity index (χ2n) is 2.18. The predicted octanol–water partition coefficient (Wildman–Crippen LogP) is -3.89. The molecular weight excluding hydrogens is 277 g/mol. The summed E-state index contributed by atoms with van der Waals surface area (Å²) in [5.74, 6) is 0.256. The number of halogens is 2. The third-order valence-corrected chi connectivity index (χ3v) is 2.29. The number of unbranched alkanes of at least 4 members (excludes halogenated alkanes) is 1. The maximum atomic E-state index is 10.6. The molecule has 1 unspecified atom stereocenters. The number of rotatable bonds is 4. The minimum absolute atomic E-state index is 0. The molecule has 0 spiro atoms. The molecule has 0 aliphatic carbocycles. The van der Waals surface area contributed by atoms with E-state index < -0.39 is 0 Å². The van der Waals surface area contributed by atoms with Crippen molar-refractivity contribution in [2.75, 3.05) is 0 Å². The van der Waals surface area contributed by atoms with Gasteiger partial charge in [-0.2, -0.15) is 0 Å². The fraction of sp³-hybridized carbons (Fsp3) is 0.857. The summed E-state index contributed by atoms with van der Waals surface area (Å²) >= 11 is 3.03. The number of hydrogen-bond donors (Lipinski definition) is 0. The van der Waals surface area contributed by atoms with Gasteiger partial charge in [-0.1, -0.05) is 0 Å². The zero-order chi connectivity index (χ0) is 7.28. The summed E-state index contributed by atoms with van der Waals surface area (Å²) in [7, 11) is 0. The van der Waals surface area contributed by atoms with Crippen molar-refractivity contribution in [1.29, 1.82) is 0 Å². The Balaban J connectivity index is -0.000000320. The second-order valence-corrected chi connectivity index (χ2v) is 3.26. The van der Waals surface area contributed by atoms with Gasteiger partial charge in [0.25, 0.3) is 0 Å². The molecule has 0 aliphatic rings. The number of Topliss-reactive ketones (excluding diaryl/α,β-unsaturated/α-hetero) is 1. The smallest absolute Gasteiger partial charge is 1.00 e. The van der Waals surface area contributed by atoms with Crippen LogP contribution in [-0.2, 0) is 24.0 Å². The predicted molar refractivity (Wildman–Crippen MR) is 34.0 cm³/mol. The third-order valence-electron chi connectivity index (χ3n) is 1.21. The Morgan fingerprint density at radius 1 is 1.45 bits per heavy atom. The SMILES string of the molecule is CCCC[CH]([Pd+2])C(C)=O.[Cl-].[Cl-]. The van der Waals surface area contributed by atoms with Crippen LogP contribution in [0.3, 0.4) is 0 Å². The van der Waals surface area contributed by atoms with Crippen LogP contribution in [0.25, 0.3) is 0 Å². The van der Waals surface area contributed by atoms with Gasteiger partial charge in [0, 0.05) is 0 Å². The fourth-order valence-electron chi connectivity index (χ4n) is 0.574. The average molecular weight is 291 g/mol. The molecule has 4 heteroatoms. The normalized spacial score (nSPS) is 10.8. The van der Waals surface area contributed by atoms with E-state index in [1.807, 2.05) is 0 Å². The van der Waals surface area contributed by atoms with E-state index in [0.29, 0.717) is 0 Å². The molecule has 0 heterocycles. The van der Waals surface area contributed by atoms with Crippen molar-refractivity contribution < 1.29 is 48.8 Å². The van der Waals surface area contributed by atoms with E-state index in [9.17, 15) is 4.79 Å².